The number of ether oxygens (including phenoxy) is 1. The Kier molecular flexibility index (Phi) is 4.51. The number of rotatable bonds is 5. The van der Waals surface area contributed by atoms with Crippen LogP contribution in [0.25, 0.3) is 0 Å². The van der Waals surface area contributed by atoms with E-state index in [-0.39, 0.29) is 0 Å². The van der Waals surface area contributed by atoms with Crippen LogP contribution in [0.1, 0.15) is 11.3 Å². The summed E-state index contributed by atoms with van der Waals surface area (Å²) >= 11 is 0. The molecule has 1 aromatic heterocycles. The highest BCUT2D eigenvalue weighted by molar-refractivity contribution is 5.41. The van der Waals surface area contributed by atoms with E-state index in [2.05, 4.69) is 9.97 Å². The van der Waals surface area contributed by atoms with Crippen molar-refractivity contribution >= 4 is 5.82 Å². The highest BCUT2D eigenvalue weighted by Crippen LogP contribution is 2.13. The number of aromatic nitrogens is 2. The Hall–Kier alpha value is -2.61. The molecule has 0 saturated carbocycles. The third-order valence-corrected chi connectivity index (χ3v) is 3.05. The highest BCUT2D eigenvalue weighted by Gasteiger charge is 2.04. The Morgan fingerprint density at radius 2 is 2.00 bits per heavy atom. The number of nitrogens with zero attached hydrogens (tertiary/aromatic N) is 4. The third kappa shape index (κ3) is 3.45. The monoisotopic (exact) mass is 268 g/mol. The minimum Gasteiger partial charge on any atom is -0.497 e. The molecular formula is C15H16N4O. The standard InChI is InChI=1S/C15H16N4O/c1-19(15-9-13(10-16)17-11-18-15)8-7-12-3-5-14(20-2)6-4-12/h3-6,9,11H,7-8H2,1-2H3. The third-order valence-electron chi connectivity index (χ3n) is 3.05. The number of likely N-dealkylation sites (N-methyl/N-ethyl adjacent to an activating group) is 1. The van der Waals surface area contributed by atoms with E-state index >= 15 is 0 Å². The van der Waals surface area contributed by atoms with Crippen LogP contribution in [0.2, 0.25) is 0 Å². The van der Waals surface area contributed by atoms with Crippen LogP contribution in [-0.2, 0) is 6.42 Å². The molecule has 0 spiro atoms. The summed E-state index contributed by atoms with van der Waals surface area (Å²) in [6, 6.07) is 11.7. The topological polar surface area (TPSA) is 62.0 Å². The van der Waals surface area contributed by atoms with Crippen molar-refractivity contribution in [1.29, 1.82) is 5.26 Å². The van der Waals surface area contributed by atoms with Crippen molar-refractivity contribution in [1.82, 2.24) is 9.97 Å². The molecule has 5 heteroatoms. The first-order chi connectivity index (χ1) is 9.72. The molecule has 1 aromatic carbocycles. The number of hydrogen-bond acceptors (Lipinski definition) is 5. The van der Waals surface area contributed by atoms with Gasteiger partial charge in [0.15, 0.2) is 0 Å². The average Bonchev–Trinajstić information content (AvgIpc) is 2.53. The van der Waals surface area contributed by atoms with E-state index in [4.69, 9.17) is 10.00 Å². The Bertz CT molecular complexity index is 604. The zero-order chi connectivity index (χ0) is 14.4. The predicted molar refractivity (Wildman–Crippen MR) is 76.7 cm³/mol. The van der Waals surface area contributed by atoms with E-state index in [0.29, 0.717) is 5.69 Å². The predicted octanol–water partition coefficient (Wildman–Crippen LogP) is 2.04. The lowest BCUT2D eigenvalue weighted by molar-refractivity contribution is 0.414. The van der Waals surface area contributed by atoms with Crippen molar-refractivity contribution in [2.75, 3.05) is 25.6 Å². The fourth-order valence-electron chi connectivity index (χ4n) is 1.82. The lowest BCUT2D eigenvalue weighted by Gasteiger charge is -2.17. The molecule has 0 atom stereocenters. The molecule has 1 heterocycles. The van der Waals surface area contributed by atoms with E-state index in [0.717, 1.165) is 24.5 Å². The van der Waals surface area contributed by atoms with Gasteiger partial charge in [0, 0.05) is 19.7 Å². The number of methoxy groups -OCH3 is 1. The summed E-state index contributed by atoms with van der Waals surface area (Å²) < 4.78 is 5.13. The van der Waals surface area contributed by atoms with Crippen molar-refractivity contribution in [3.05, 3.63) is 47.9 Å². The fraction of sp³-hybridized carbons (Fsp3) is 0.267. The summed E-state index contributed by atoms with van der Waals surface area (Å²) in [5.41, 5.74) is 1.61. The van der Waals surface area contributed by atoms with Gasteiger partial charge >= 0.3 is 0 Å². The Balaban J connectivity index is 1.97. The number of hydrogen-bond donors (Lipinski definition) is 0. The molecule has 0 unspecified atom stereocenters. The SMILES string of the molecule is COc1ccc(CCN(C)c2cc(C#N)ncn2)cc1. The summed E-state index contributed by atoms with van der Waals surface area (Å²) in [7, 11) is 3.61. The highest BCUT2D eigenvalue weighted by atomic mass is 16.5. The molecule has 0 bridgehead atoms. The Morgan fingerprint density at radius 3 is 2.65 bits per heavy atom. The van der Waals surface area contributed by atoms with Crippen LogP contribution < -0.4 is 9.64 Å². The minimum absolute atomic E-state index is 0.381. The maximum absolute atomic E-state index is 8.83. The molecular weight excluding hydrogens is 252 g/mol. The minimum atomic E-state index is 0.381. The van der Waals surface area contributed by atoms with Gasteiger partial charge in [0.1, 0.15) is 29.7 Å². The number of nitriles is 1. The van der Waals surface area contributed by atoms with Crippen molar-refractivity contribution in [3.63, 3.8) is 0 Å². The van der Waals surface area contributed by atoms with E-state index in [1.807, 2.05) is 42.3 Å². The quantitative estimate of drug-likeness (QED) is 0.830. The van der Waals surface area contributed by atoms with Gasteiger partial charge in [-0.3, -0.25) is 0 Å². The smallest absolute Gasteiger partial charge is 0.145 e. The van der Waals surface area contributed by atoms with Gasteiger partial charge in [0.05, 0.1) is 7.11 Å². The molecule has 0 aliphatic rings. The zero-order valence-electron chi connectivity index (χ0n) is 11.6. The van der Waals surface area contributed by atoms with Gasteiger partial charge in [-0.05, 0) is 24.1 Å². The largest absolute Gasteiger partial charge is 0.497 e. The van der Waals surface area contributed by atoms with E-state index in [1.54, 1.807) is 13.2 Å². The van der Waals surface area contributed by atoms with Gasteiger partial charge in [-0.15, -0.1) is 0 Å². The van der Waals surface area contributed by atoms with Crippen LogP contribution in [0.3, 0.4) is 0 Å². The van der Waals surface area contributed by atoms with Crippen LogP contribution in [0, 0.1) is 11.3 Å². The van der Waals surface area contributed by atoms with Gasteiger partial charge in [-0.25, -0.2) is 9.97 Å². The van der Waals surface area contributed by atoms with Gasteiger partial charge in [-0.1, -0.05) is 12.1 Å². The Morgan fingerprint density at radius 1 is 1.25 bits per heavy atom. The second kappa shape index (κ2) is 6.53. The first-order valence-corrected chi connectivity index (χ1v) is 6.29. The zero-order valence-corrected chi connectivity index (χ0v) is 11.6. The van der Waals surface area contributed by atoms with E-state index < -0.39 is 0 Å². The van der Waals surface area contributed by atoms with E-state index in [1.165, 1.54) is 11.9 Å². The van der Waals surface area contributed by atoms with Crippen molar-refractivity contribution in [2.24, 2.45) is 0 Å². The lowest BCUT2D eigenvalue weighted by Crippen LogP contribution is -2.21. The molecule has 0 fully saturated rings. The van der Waals surface area contributed by atoms with Crippen molar-refractivity contribution in [3.8, 4) is 11.8 Å². The summed E-state index contributed by atoms with van der Waals surface area (Å²) in [5.74, 6) is 1.61. The van der Waals surface area contributed by atoms with Crippen LogP contribution in [0.15, 0.2) is 36.7 Å². The molecule has 0 saturated heterocycles. The molecule has 5 nitrogen and oxygen atoms in total. The first kappa shape index (κ1) is 13.8. The van der Waals surface area contributed by atoms with Crippen molar-refractivity contribution in [2.45, 2.75) is 6.42 Å². The molecule has 0 aliphatic carbocycles. The van der Waals surface area contributed by atoms with Gasteiger partial charge in [0.25, 0.3) is 0 Å². The molecule has 102 valence electrons. The van der Waals surface area contributed by atoms with Crippen LogP contribution in [0.5, 0.6) is 5.75 Å². The van der Waals surface area contributed by atoms with Crippen LogP contribution in [-0.4, -0.2) is 30.7 Å². The van der Waals surface area contributed by atoms with Gasteiger partial charge < -0.3 is 9.64 Å². The second-order valence-electron chi connectivity index (χ2n) is 4.39. The molecule has 0 aliphatic heterocycles. The Labute approximate surface area is 118 Å². The maximum Gasteiger partial charge on any atom is 0.145 e. The van der Waals surface area contributed by atoms with E-state index in [9.17, 15) is 0 Å². The average molecular weight is 268 g/mol. The summed E-state index contributed by atoms with van der Waals surface area (Å²) in [4.78, 5) is 10.0. The molecule has 20 heavy (non-hydrogen) atoms. The van der Waals surface area contributed by atoms with Gasteiger partial charge in [0.2, 0.25) is 0 Å². The van der Waals surface area contributed by atoms with Crippen LogP contribution >= 0.6 is 0 Å². The molecule has 0 N–H and O–H groups in total. The van der Waals surface area contributed by atoms with Crippen LogP contribution in [0.4, 0.5) is 5.82 Å². The number of anilines is 1. The molecule has 0 amide bonds. The summed E-state index contributed by atoms with van der Waals surface area (Å²) in [6.07, 6.45) is 2.31. The fourth-order valence-corrected chi connectivity index (χ4v) is 1.82. The molecule has 2 aromatic rings. The second-order valence-corrected chi connectivity index (χ2v) is 4.39. The van der Waals surface area contributed by atoms with Crippen molar-refractivity contribution < 1.29 is 4.74 Å². The maximum atomic E-state index is 8.83. The van der Waals surface area contributed by atoms with Gasteiger partial charge in [-0.2, -0.15) is 5.26 Å². The lowest BCUT2D eigenvalue weighted by atomic mass is 10.1. The molecule has 0 radical (unpaired) electrons. The number of benzene rings is 1. The molecule has 2 rings (SSSR count). The summed E-state index contributed by atoms with van der Waals surface area (Å²) in [5, 5.41) is 8.83. The normalized spacial score (nSPS) is 9.85. The summed E-state index contributed by atoms with van der Waals surface area (Å²) in [6.45, 7) is 0.814. The first-order valence-electron chi connectivity index (χ1n) is 6.29.